The van der Waals surface area contributed by atoms with Gasteiger partial charge < -0.3 is 10.6 Å². The Labute approximate surface area is 97.4 Å². The van der Waals surface area contributed by atoms with Crippen LogP contribution < -0.4 is 5.73 Å². The van der Waals surface area contributed by atoms with Gasteiger partial charge in [0.05, 0.1) is 6.04 Å². The van der Waals surface area contributed by atoms with Gasteiger partial charge in [0.1, 0.15) is 0 Å². The molecule has 0 aliphatic carbocycles. The molecule has 4 nitrogen and oxygen atoms in total. The van der Waals surface area contributed by atoms with E-state index in [1.54, 1.807) is 0 Å². The molecule has 2 heterocycles. The summed E-state index contributed by atoms with van der Waals surface area (Å²) in [6.45, 7) is 5.20. The number of nitrogens with zero attached hydrogens (tertiary/aromatic N) is 3. The van der Waals surface area contributed by atoms with E-state index < -0.39 is 0 Å². The topological polar surface area (TPSA) is 47.1 Å². The summed E-state index contributed by atoms with van der Waals surface area (Å²) >= 11 is 0. The molecule has 16 heavy (non-hydrogen) atoms. The molecule has 2 rings (SSSR count). The maximum atomic E-state index is 5.73. The van der Waals surface area contributed by atoms with Gasteiger partial charge in [0.2, 0.25) is 0 Å². The first kappa shape index (κ1) is 11.6. The van der Waals surface area contributed by atoms with Gasteiger partial charge in [0, 0.05) is 24.4 Å². The first-order chi connectivity index (χ1) is 7.72. The van der Waals surface area contributed by atoms with Gasteiger partial charge in [-0.15, -0.1) is 0 Å². The van der Waals surface area contributed by atoms with Crippen LogP contribution in [0, 0.1) is 0 Å². The van der Waals surface area contributed by atoms with E-state index in [2.05, 4.69) is 34.7 Å². The van der Waals surface area contributed by atoms with Gasteiger partial charge in [-0.25, -0.2) is 0 Å². The van der Waals surface area contributed by atoms with Crippen LogP contribution in [0.2, 0.25) is 0 Å². The zero-order chi connectivity index (χ0) is 11.5. The van der Waals surface area contributed by atoms with Gasteiger partial charge in [-0.1, -0.05) is 6.92 Å². The lowest BCUT2D eigenvalue weighted by Crippen LogP contribution is -2.32. The Hall–Kier alpha value is -0.870. The van der Waals surface area contributed by atoms with E-state index in [9.17, 15) is 0 Å². The highest BCUT2D eigenvalue weighted by molar-refractivity contribution is 5.08. The summed E-state index contributed by atoms with van der Waals surface area (Å²) in [5.74, 6) is 0.405. The monoisotopic (exact) mass is 222 g/mol. The van der Waals surface area contributed by atoms with Crippen molar-refractivity contribution in [1.82, 2.24) is 14.7 Å². The van der Waals surface area contributed by atoms with Gasteiger partial charge in [-0.2, -0.15) is 5.10 Å². The van der Waals surface area contributed by atoms with Gasteiger partial charge in [-0.05, 0) is 39.0 Å². The lowest BCUT2D eigenvalue weighted by atomic mass is 10.0. The van der Waals surface area contributed by atoms with Crippen molar-refractivity contribution in [2.24, 2.45) is 5.73 Å². The molecule has 0 saturated carbocycles. The molecular formula is C12H22N4. The van der Waals surface area contributed by atoms with Gasteiger partial charge in [0.25, 0.3) is 0 Å². The second kappa shape index (κ2) is 4.97. The zero-order valence-corrected chi connectivity index (χ0v) is 10.3. The fraction of sp³-hybridized carbons (Fsp3) is 0.750. The highest BCUT2D eigenvalue weighted by atomic mass is 15.3. The quantitative estimate of drug-likeness (QED) is 0.836. The molecule has 1 aliphatic heterocycles. The van der Waals surface area contributed by atoms with Gasteiger partial charge in [0.15, 0.2) is 0 Å². The summed E-state index contributed by atoms with van der Waals surface area (Å²) in [5, 5.41) is 4.48. The normalized spacial score (nSPS) is 21.2. The zero-order valence-electron chi connectivity index (χ0n) is 10.3. The Morgan fingerprint density at radius 3 is 2.81 bits per heavy atom. The van der Waals surface area contributed by atoms with Crippen molar-refractivity contribution in [3.8, 4) is 0 Å². The van der Waals surface area contributed by atoms with Crippen LogP contribution in [-0.2, 0) is 0 Å². The number of piperidine rings is 1. The third-order valence-electron chi connectivity index (χ3n) is 3.59. The smallest absolute Gasteiger partial charge is 0.0546 e. The Morgan fingerprint density at radius 1 is 1.50 bits per heavy atom. The molecule has 0 bridgehead atoms. The number of aromatic nitrogens is 2. The molecule has 1 saturated heterocycles. The molecule has 1 aromatic rings. The lowest BCUT2D eigenvalue weighted by molar-refractivity contribution is 0.209. The average Bonchev–Trinajstić information content (AvgIpc) is 2.78. The molecule has 1 aliphatic rings. The van der Waals surface area contributed by atoms with Crippen LogP contribution in [0.3, 0.4) is 0 Å². The van der Waals surface area contributed by atoms with E-state index in [0.717, 1.165) is 0 Å². The predicted octanol–water partition coefficient (Wildman–Crippen LogP) is 1.21. The molecule has 90 valence electrons. The molecule has 0 aromatic carbocycles. The highest BCUT2D eigenvalue weighted by Gasteiger charge is 2.21. The molecule has 0 radical (unpaired) electrons. The number of likely N-dealkylation sites (tertiary alicyclic amines) is 1. The highest BCUT2D eigenvalue weighted by Crippen LogP contribution is 2.25. The van der Waals surface area contributed by atoms with Gasteiger partial charge in [-0.3, -0.25) is 4.68 Å². The number of nitrogens with two attached hydrogens (primary N) is 1. The first-order valence-electron chi connectivity index (χ1n) is 6.14. The molecule has 4 heteroatoms. The first-order valence-corrected chi connectivity index (χ1v) is 6.14. The van der Waals surface area contributed by atoms with E-state index in [1.807, 2.05) is 6.20 Å². The molecule has 1 aromatic heterocycles. The third-order valence-corrected chi connectivity index (χ3v) is 3.59. The fourth-order valence-electron chi connectivity index (χ4n) is 2.38. The fourth-order valence-corrected chi connectivity index (χ4v) is 2.38. The summed E-state index contributed by atoms with van der Waals surface area (Å²) in [4.78, 5) is 2.38. The summed E-state index contributed by atoms with van der Waals surface area (Å²) in [6.07, 6.45) is 4.30. The van der Waals surface area contributed by atoms with Gasteiger partial charge >= 0.3 is 0 Å². The molecular weight excluding hydrogens is 200 g/mol. The minimum absolute atomic E-state index is 0.405. The van der Waals surface area contributed by atoms with E-state index in [0.29, 0.717) is 18.5 Å². The summed E-state index contributed by atoms with van der Waals surface area (Å²) in [7, 11) is 2.18. The SMILES string of the molecule is CC(CN)c1ccnn1C1CCN(C)CC1. The second-order valence-electron chi connectivity index (χ2n) is 4.87. The van der Waals surface area contributed by atoms with E-state index in [-0.39, 0.29) is 0 Å². The third kappa shape index (κ3) is 2.28. The molecule has 1 atom stereocenters. The van der Waals surface area contributed by atoms with Crippen molar-refractivity contribution in [3.63, 3.8) is 0 Å². The van der Waals surface area contributed by atoms with Crippen molar-refractivity contribution in [2.45, 2.75) is 31.7 Å². The van der Waals surface area contributed by atoms with Crippen LogP contribution >= 0.6 is 0 Å². The Kier molecular flexibility index (Phi) is 3.61. The summed E-state index contributed by atoms with van der Waals surface area (Å²) in [5.41, 5.74) is 7.02. The Morgan fingerprint density at radius 2 is 2.19 bits per heavy atom. The standard InChI is InChI=1S/C12H22N4/c1-10(9-13)12-3-6-14-16(12)11-4-7-15(2)8-5-11/h3,6,10-11H,4-5,7-9,13H2,1-2H3. The maximum Gasteiger partial charge on any atom is 0.0546 e. The average molecular weight is 222 g/mol. The molecule has 1 unspecified atom stereocenters. The van der Waals surface area contributed by atoms with Crippen LogP contribution in [0.5, 0.6) is 0 Å². The van der Waals surface area contributed by atoms with Crippen molar-refractivity contribution in [1.29, 1.82) is 0 Å². The molecule has 2 N–H and O–H groups in total. The van der Waals surface area contributed by atoms with E-state index in [1.165, 1.54) is 31.6 Å². The van der Waals surface area contributed by atoms with Crippen LogP contribution in [0.1, 0.15) is 37.4 Å². The maximum absolute atomic E-state index is 5.73. The number of rotatable bonds is 3. The van der Waals surface area contributed by atoms with Crippen LogP contribution in [-0.4, -0.2) is 41.4 Å². The van der Waals surface area contributed by atoms with Crippen molar-refractivity contribution >= 4 is 0 Å². The minimum atomic E-state index is 0.405. The van der Waals surface area contributed by atoms with Crippen molar-refractivity contribution in [3.05, 3.63) is 18.0 Å². The number of hydrogen-bond acceptors (Lipinski definition) is 3. The minimum Gasteiger partial charge on any atom is -0.330 e. The largest absolute Gasteiger partial charge is 0.330 e. The number of hydrogen-bond donors (Lipinski definition) is 1. The Balaban J connectivity index is 2.11. The van der Waals surface area contributed by atoms with Crippen molar-refractivity contribution < 1.29 is 0 Å². The summed E-state index contributed by atoms with van der Waals surface area (Å²) < 4.78 is 2.20. The predicted molar refractivity (Wildman–Crippen MR) is 65.5 cm³/mol. The molecule has 1 fully saturated rings. The van der Waals surface area contributed by atoms with E-state index >= 15 is 0 Å². The van der Waals surface area contributed by atoms with Crippen LogP contribution in [0.25, 0.3) is 0 Å². The molecule has 0 amide bonds. The second-order valence-corrected chi connectivity index (χ2v) is 4.87. The summed E-state index contributed by atoms with van der Waals surface area (Å²) in [6, 6.07) is 2.67. The Bertz CT molecular complexity index is 326. The van der Waals surface area contributed by atoms with Crippen molar-refractivity contribution in [2.75, 3.05) is 26.7 Å². The van der Waals surface area contributed by atoms with E-state index in [4.69, 9.17) is 5.73 Å². The van der Waals surface area contributed by atoms with Crippen LogP contribution in [0.15, 0.2) is 12.3 Å². The lowest BCUT2D eigenvalue weighted by Gasteiger charge is -2.30. The molecule has 0 spiro atoms. The van der Waals surface area contributed by atoms with Crippen LogP contribution in [0.4, 0.5) is 0 Å².